The minimum Gasteiger partial charge on any atom is -0.389 e. The lowest BCUT2D eigenvalue weighted by Gasteiger charge is -2.34. The third kappa shape index (κ3) is 4.04. The van der Waals surface area contributed by atoms with Crippen molar-refractivity contribution in [1.29, 1.82) is 0 Å². The van der Waals surface area contributed by atoms with E-state index in [1.165, 1.54) is 6.42 Å². The average molecular weight is 229 g/mol. The number of aliphatic hydroxyl groups is 2. The number of hydrogen-bond acceptors (Lipinski definition) is 3. The highest BCUT2D eigenvalue weighted by molar-refractivity contribution is 4.86. The second kappa shape index (κ2) is 5.48. The molecule has 16 heavy (non-hydrogen) atoms. The minimum atomic E-state index is -0.689. The first kappa shape index (κ1) is 13.9. The number of hydrogen-bond donors (Lipinski definition) is 3. The largest absolute Gasteiger partial charge is 0.389 e. The maximum atomic E-state index is 10.3. The molecule has 3 N–H and O–H groups in total. The van der Waals surface area contributed by atoms with E-state index in [-0.39, 0.29) is 5.92 Å². The van der Waals surface area contributed by atoms with Gasteiger partial charge in [0.25, 0.3) is 0 Å². The molecule has 0 aromatic carbocycles. The minimum absolute atomic E-state index is 0.223. The molecule has 1 saturated carbocycles. The summed E-state index contributed by atoms with van der Waals surface area (Å²) in [5.74, 6) is 0.223. The molecule has 0 bridgehead atoms. The molecule has 1 unspecified atom stereocenters. The Kier molecular flexibility index (Phi) is 4.77. The van der Waals surface area contributed by atoms with Gasteiger partial charge in [0.2, 0.25) is 0 Å². The van der Waals surface area contributed by atoms with Crippen LogP contribution in [0.1, 0.15) is 52.9 Å². The van der Waals surface area contributed by atoms with Gasteiger partial charge >= 0.3 is 0 Å². The summed E-state index contributed by atoms with van der Waals surface area (Å²) in [5, 5.41) is 23.5. The van der Waals surface area contributed by atoms with Gasteiger partial charge in [-0.25, -0.2) is 0 Å². The van der Waals surface area contributed by atoms with Crippen molar-refractivity contribution < 1.29 is 10.2 Å². The quantitative estimate of drug-likeness (QED) is 0.672. The van der Waals surface area contributed by atoms with Crippen LogP contribution in [0.5, 0.6) is 0 Å². The van der Waals surface area contributed by atoms with E-state index >= 15 is 0 Å². The predicted molar refractivity (Wildman–Crippen MR) is 66.4 cm³/mol. The van der Waals surface area contributed by atoms with Gasteiger partial charge in [0.1, 0.15) is 0 Å². The predicted octanol–water partition coefficient (Wildman–Crippen LogP) is 1.68. The zero-order valence-electron chi connectivity index (χ0n) is 10.9. The standard InChI is InChI=1S/C13H27NO2/c1-11(2)12(3,15)9-14-10-13(16)7-5-4-6-8-13/h11,14-16H,4-10H2,1-3H3. The smallest absolute Gasteiger partial charge is 0.0771 e. The fourth-order valence-corrected chi connectivity index (χ4v) is 2.14. The first-order chi connectivity index (χ1) is 7.36. The Bertz CT molecular complexity index is 208. The molecule has 96 valence electrons. The lowest BCUT2D eigenvalue weighted by atomic mass is 9.84. The molecule has 0 amide bonds. The summed E-state index contributed by atoms with van der Waals surface area (Å²) >= 11 is 0. The van der Waals surface area contributed by atoms with Gasteiger partial charge in [-0.15, -0.1) is 0 Å². The van der Waals surface area contributed by atoms with Gasteiger partial charge in [-0.1, -0.05) is 33.1 Å². The maximum absolute atomic E-state index is 10.3. The first-order valence-electron chi connectivity index (χ1n) is 6.51. The molecule has 0 saturated heterocycles. The van der Waals surface area contributed by atoms with Gasteiger partial charge in [-0.2, -0.15) is 0 Å². The Morgan fingerprint density at radius 1 is 1.25 bits per heavy atom. The van der Waals surface area contributed by atoms with Gasteiger partial charge < -0.3 is 15.5 Å². The summed E-state index contributed by atoms with van der Waals surface area (Å²) < 4.78 is 0. The topological polar surface area (TPSA) is 52.5 Å². The molecule has 0 spiro atoms. The molecule has 3 heteroatoms. The molecule has 1 aliphatic carbocycles. The number of nitrogens with one attached hydrogen (secondary N) is 1. The Labute approximate surface area is 99.3 Å². The molecular weight excluding hydrogens is 202 g/mol. The van der Waals surface area contributed by atoms with Crippen molar-refractivity contribution in [3.05, 3.63) is 0 Å². The molecule has 0 radical (unpaired) electrons. The Hall–Kier alpha value is -0.120. The van der Waals surface area contributed by atoms with E-state index in [2.05, 4.69) is 5.32 Å². The van der Waals surface area contributed by atoms with Crippen molar-refractivity contribution in [1.82, 2.24) is 5.32 Å². The lowest BCUT2D eigenvalue weighted by molar-refractivity contribution is -0.0145. The first-order valence-corrected chi connectivity index (χ1v) is 6.51. The normalized spacial score (nSPS) is 24.4. The highest BCUT2D eigenvalue weighted by atomic mass is 16.3. The van der Waals surface area contributed by atoms with Crippen LogP contribution in [-0.4, -0.2) is 34.5 Å². The van der Waals surface area contributed by atoms with Gasteiger partial charge in [0.05, 0.1) is 11.2 Å². The van der Waals surface area contributed by atoms with Crippen molar-refractivity contribution in [2.75, 3.05) is 13.1 Å². The van der Waals surface area contributed by atoms with Gasteiger partial charge in [-0.3, -0.25) is 0 Å². The Morgan fingerprint density at radius 2 is 1.81 bits per heavy atom. The summed E-state index contributed by atoms with van der Waals surface area (Å²) in [6.45, 7) is 7.02. The van der Waals surface area contributed by atoms with Crippen LogP contribution in [0.15, 0.2) is 0 Å². The third-order valence-electron chi connectivity index (χ3n) is 3.97. The second-order valence-corrected chi connectivity index (χ2v) is 5.90. The molecule has 1 fully saturated rings. The van der Waals surface area contributed by atoms with Crippen LogP contribution in [0.3, 0.4) is 0 Å². The van der Waals surface area contributed by atoms with Crippen LogP contribution in [0, 0.1) is 5.92 Å². The molecular formula is C13H27NO2. The SMILES string of the molecule is CC(C)C(C)(O)CNCC1(O)CCCCC1. The van der Waals surface area contributed by atoms with E-state index in [0.717, 1.165) is 25.7 Å². The summed E-state index contributed by atoms with van der Waals surface area (Å²) in [6.07, 6.45) is 5.27. The van der Waals surface area contributed by atoms with E-state index < -0.39 is 11.2 Å². The van der Waals surface area contributed by atoms with Gasteiger partial charge in [0, 0.05) is 13.1 Å². The molecule has 3 nitrogen and oxygen atoms in total. The van der Waals surface area contributed by atoms with E-state index in [9.17, 15) is 10.2 Å². The molecule has 1 rings (SSSR count). The number of rotatable bonds is 5. The van der Waals surface area contributed by atoms with Crippen molar-refractivity contribution in [2.45, 2.75) is 64.1 Å². The van der Waals surface area contributed by atoms with Crippen LogP contribution in [0.4, 0.5) is 0 Å². The van der Waals surface area contributed by atoms with Crippen molar-refractivity contribution >= 4 is 0 Å². The van der Waals surface area contributed by atoms with Crippen molar-refractivity contribution in [3.63, 3.8) is 0 Å². The fourth-order valence-electron chi connectivity index (χ4n) is 2.14. The highest BCUT2D eigenvalue weighted by Crippen LogP contribution is 2.27. The highest BCUT2D eigenvalue weighted by Gasteiger charge is 2.30. The zero-order chi connectivity index (χ0) is 12.2. The van der Waals surface area contributed by atoms with Crippen LogP contribution in [0.25, 0.3) is 0 Å². The van der Waals surface area contributed by atoms with Crippen molar-refractivity contribution in [3.8, 4) is 0 Å². The summed E-state index contributed by atoms with van der Waals surface area (Å²) in [5.41, 5.74) is -1.23. The lowest BCUT2D eigenvalue weighted by Crippen LogP contribution is -2.48. The Morgan fingerprint density at radius 3 is 2.31 bits per heavy atom. The maximum Gasteiger partial charge on any atom is 0.0771 e. The molecule has 0 aromatic heterocycles. The van der Waals surface area contributed by atoms with Crippen LogP contribution in [0.2, 0.25) is 0 Å². The van der Waals surface area contributed by atoms with E-state index in [1.807, 2.05) is 20.8 Å². The summed E-state index contributed by atoms with van der Waals surface area (Å²) in [7, 11) is 0. The van der Waals surface area contributed by atoms with E-state index in [1.54, 1.807) is 0 Å². The van der Waals surface area contributed by atoms with Crippen LogP contribution in [-0.2, 0) is 0 Å². The molecule has 1 atom stereocenters. The summed E-state index contributed by atoms with van der Waals surface area (Å²) in [4.78, 5) is 0. The third-order valence-corrected chi connectivity index (χ3v) is 3.97. The molecule has 1 aliphatic rings. The fraction of sp³-hybridized carbons (Fsp3) is 1.00. The van der Waals surface area contributed by atoms with Crippen LogP contribution >= 0.6 is 0 Å². The monoisotopic (exact) mass is 229 g/mol. The van der Waals surface area contributed by atoms with Crippen molar-refractivity contribution in [2.24, 2.45) is 5.92 Å². The Balaban J connectivity index is 2.29. The second-order valence-electron chi connectivity index (χ2n) is 5.90. The van der Waals surface area contributed by atoms with Gasteiger partial charge in [0.15, 0.2) is 0 Å². The summed E-state index contributed by atoms with van der Waals surface area (Å²) in [6, 6.07) is 0. The molecule has 0 aliphatic heterocycles. The van der Waals surface area contributed by atoms with E-state index in [4.69, 9.17) is 0 Å². The zero-order valence-corrected chi connectivity index (χ0v) is 10.9. The average Bonchev–Trinajstić information content (AvgIpc) is 2.17. The molecule has 0 aromatic rings. The molecule has 0 heterocycles. The van der Waals surface area contributed by atoms with Crippen LogP contribution < -0.4 is 5.32 Å². The van der Waals surface area contributed by atoms with Gasteiger partial charge in [-0.05, 0) is 25.7 Å². The van der Waals surface area contributed by atoms with E-state index in [0.29, 0.717) is 13.1 Å².